The highest BCUT2D eigenvalue weighted by molar-refractivity contribution is 5.61. The molecule has 0 aliphatic carbocycles. The van der Waals surface area contributed by atoms with Gasteiger partial charge in [-0.2, -0.15) is 0 Å². The maximum Gasteiger partial charge on any atom is 0.160 e. The molecule has 3 heteroatoms. The molecule has 0 amide bonds. The Kier molecular flexibility index (Phi) is 2.53. The molecule has 1 aromatic rings. The summed E-state index contributed by atoms with van der Waals surface area (Å²) in [6.45, 7) is 2.02. The van der Waals surface area contributed by atoms with Crippen LogP contribution in [-0.4, -0.2) is 26.2 Å². The molecule has 0 spiro atoms. The minimum absolute atomic E-state index is 0.819. The van der Waals surface area contributed by atoms with Gasteiger partial charge in [-0.25, -0.2) is 0 Å². The monoisotopic (exact) mass is 166 g/mol. The quantitative estimate of drug-likeness (QED) is 0.665. The molecule has 0 saturated heterocycles. The van der Waals surface area contributed by atoms with E-state index in [-0.39, 0.29) is 0 Å². The summed E-state index contributed by atoms with van der Waals surface area (Å²) in [5.41, 5.74) is 2.21. The van der Waals surface area contributed by atoms with Gasteiger partial charge in [0.05, 0.1) is 19.0 Å². The number of aromatic nitrogens is 1. The Balaban J connectivity index is 3.20. The smallest absolute Gasteiger partial charge is 0.160 e. The van der Waals surface area contributed by atoms with Crippen molar-refractivity contribution in [3.63, 3.8) is 0 Å². The second kappa shape index (κ2) is 3.43. The van der Waals surface area contributed by atoms with Crippen LogP contribution in [0.3, 0.4) is 0 Å². The second-order valence-corrected chi connectivity index (χ2v) is 2.90. The van der Waals surface area contributed by atoms with Gasteiger partial charge in [-0.3, -0.25) is 4.98 Å². The Bertz CT molecular complexity index is 271. The van der Waals surface area contributed by atoms with Crippen LogP contribution in [0.4, 0.5) is 5.69 Å². The van der Waals surface area contributed by atoms with Gasteiger partial charge in [-0.1, -0.05) is 0 Å². The molecule has 0 aromatic carbocycles. The molecule has 66 valence electrons. The first-order chi connectivity index (χ1) is 5.66. The molecule has 0 atom stereocenters. The van der Waals surface area contributed by atoms with Gasteiger partial charge in [0.2, 0.25) is 0 Å². The zero-order valence-corrected chi connectivity index (χ0v) is 7.96. The van der Waals surface area contributed by atoms with Crippen LogP contribution >= 0.6 is 0 Å². The maximum absolute atomic E-state index is 5.18. The lowest BCUT2D eigenvalue weighted by atomic mass is 10.2. The van der Waals surface area contributed by atoms with Crippen molar-refractivity contribution in [1.82, 2.24) is 4.98 Å². The van der Waals surface area contributed by atoms with E-state index in [2.05, 4.69) is 4.98 Å². The van der Waals surface area contributed by atoms with Gasteiger partial charge >= 0.3 is 0 Å². The molecular weight excluding hydrogens is 152 g/mol. The van der Waals surface area contributed by atoms with E-state index in [9.17, 15) is 0 Å². The van der Waals surface area contributed by atoms with Gasteiger partial charge in [-0.05, 0) is 12.5 Å². The van der Waals surface area contributed by atoms with Gasteiger partial charge in [0.1, 0.15) is 0 Å². The number of methoxy groups -OCH3 is 1. The third-order valence-electron chi connectivity index (χ3n) is 1.73. The molecule has 0 bridgehead atoms. The molecule has 1 rings (SSSR count). The summed E-state index contributed by atoms with van der Waals surface area (Å²) in [4.78, 5) is 6.07. The molecule has 0 fully saturated rings. The predicted octanol–water partition coefficient (Wildman–Crippen LogP) is 1.46. The van der Waals surface area contributed by atoms with Crippen molar-refractivity contribution in [3.8, 4) is 5.75 Å². The molecule has 12 heavy (non-hydrogen) atoms. The number of pyridine rings is 1. The van der Waals surface area contributed by atoms with Crippen molar-refractivity contribution in [2.75, 3.05) is 26.1 Å². The number of hydrogen-bond acceptors (Lipinski definition) is 3. The first-order valence-corrected chi connectivity index (χ1v) is 3.82. The standard InChI is InChI=1S/C9H14N2O/c1-7-5-10-6-8(12-4)9(7)11(2)3/h5-6H,1-4H3. The third kappa shape index (κ3) is 1.49. The summed E-state index contributed by atoms with van der Waals surface area (Å²) in [5.74, 6) is 0.819. The topological polar surface area (TPSA) is 25.4 Å². The summed E-state index contributed by atoms with van der Waals surface area (Å²) in [6, 6.07) is 0. The summed E-state index contributed by atoms with van der Waals surface area (Å²) < 4.78 is 5.18. The van der Waals surface area contributed by atoms with E-state index in [1.54, 1.807) is 13.3 Å². The Labute approximate surface area is 73.0 Å². The van der Waals surface area contributed by atoms with Crippen LogP contribution in [0.5, 0.6) is 5.75 Å². The van der Waals surface area contributed by atoms with Crippen LogP contribution in [0.25, 0.3) is 0 Å². The Morgan fingerprint density at radius 2 is 2.00 bits per heavy atom. The molecule has 0 N–H and O–H groups in total. The van der Waals surface area contributed by atoms with E-state index in [1.165, 1.54) is 0 Å². The van der Waals surface area contributed by atoms with Crippen LogP contribution < -0.4 is 9.64 Å². The summed E-state index contributed by atoms with van der Waals surface area (Å²) in [7, 11) is 5.64. The predicted molar refractivity (Wildman–Crippen MR) is 49.9 cm³/mol. The van der Waals surface area contributed by atoms with Crippen LogP contribution in [-0.2, 0) is 0 Å². The van der Waals surface area contributed by atoms with E-state index < -0.39 is 0 Å². The van der Waals surface area contributed by atoms with Gasteiger partial charge in [0.25, 0.3) is 0 Å². The number of nitrogens with zero attached hydrogens (tertiary/aromatic N) is 2. The van der Waals surface area contributed by atoms with Crippen molar-refractivity contribution in [2.45, 2.75) is 6.92 Å². The van der Waals surface area contributed by atoms with Crippen molar-refractivity contribution < 1.29 is 4.74 Å². The van der Waals surface area contributed by atoms with Crippen molar-refractivity contribution >= 4 is 5.69 Å². The van der Waals surface area contributed by atoms with Crippen LogP contribution in [0.15, 0.2) is 12.4 Å². The highest BCUT2D eigenvalue weighted by Crippen LogP contribution is 2.28. The fourth-order valence-electron chi connectivity index (χ4n) is 1.26. The lowest BCUT2D eigenvalue weighted by Crippen LogP contribution is -2.11. The van der Waals surface area contributed by atoms with E-state index >= 15 is 0 Å². The third-order valence-corrected chi connectivity index (χ3v) is 1.73. The lowest BCUT2D eigenvalue weighted by molar-refractivity contribution is 0.413. The number of anilines is 1. The number of rotatable bonds is 2. The fraction of sp³-hybridized carbons (Fsp3) is 0.444. The maximum atomic E-state index is 5.18. The van der Waals surface area contributed by atoms with Crippen LogP contribution in [0, 0.1) is 6.92 Å². The lowest BCUT2D eigenvalue weighted by Gasteiger charge is -2.18. The first kappa shape index (κ1) is 8.84. The normalized spacial score (nSPS) is 9.67. The number of ether oxygens (including phenoxy) is 1. The van der Waals surface area contributed by atoms with Crippen molar-refractivity contribution in [2.24, 2.45) is 0 Å². The average Bonchev–Trinajstić information content (AvgIpc) is 2.03. The highest BCUT2D eigenvalue weighted by Gasteiger charge is 2.07. The Hall–Kier alpha value is -1.25. The second-order valence-electron chi connectivity index (χ2n) is 2.90. The van der Waals surface area contributed by atoms with E-state index in [0.717, 1.165) is 17.0 Å². The largest absolute Gasteiger partial charge is 0.493 e. The first-order valence-electron chi connectivity index (χ1n) is 3.82. The van der Waals surface area contributed by atoms with Gasteiger partial charge < -0.3 is 9.64 Å². The summed E-state index contributed by atoms with van der Waals surface area (Å²) in [6.07, 6.45) is 3.56. The summed E-state index contributed by atoms with van der Waals surface area (Å²) >= 11 is 0. The van der Waals surface area contributed by atoms with E-state index in [0.29, 0.717) is 0 Å². The van der Waals surface area contributed by atoms with Gasteiger partial charge in [0.15, 0.2) is 5.75 Å². The minimum atomic E-state index is 0.819. The number of aryl methyl sites for hydroxylation is 1. The zero-order valence-electron chi connectivity index (χ0n) is 7.96. The Morgan fingerprint density at radius 1 is 1.33 bits per heavy atom. The van der Waals surface area contributed by atoms with Crippen LogP contribution in [0.2, 0.25) is 0 Å². The minimum Gasteiger partial charge on any atom is -0.493 e. The van der Waals surface area contributed by atoms with Crippen molar-refractivity contribution in [1.29, 1.82) is 0 Å². The summed E-state index contributed by atoms with van der Waals surface area (Å²) in [5, 5.41) is 0. The molecule has 1 heterocycles. The molecule has 0 aliphatic heterocycles. The molecular formula is C9H14N2O. The molecule has 0 saturated carbocycles. The molecule has 0 aliphatic rings. The van der Waals surface area contributed by atoms with E-state index in [1.807, 2.05) is 32.1 Å². The molecule has 0 unspecified atom stereocenters. The van der Waals surface area contributed by atoms with Crippen LogP contribution in [0.1, 0.15) is 5.56 Å². The van der Waals surface area contributed by atoms with Gasteiger partial charge in [0, 0.05) is 20.3 Å². The average molecular weight is 166 g/mol. The van der Waals surface area contributed by atoms with E-state index in [4.69, 9.17) is 4.74 Å². The SMILES string of the molecule is COc1cncc(C)c1N(C)C. The highest BCUT2D eigenvalue weighted by atomic mass is 16.5. The molecule has 1 aromatic heterocycles. The van der Waals surface area contributed by atoms with Gasteiger partial charge in [-0.15, -0.1) is 0 Å². The molecule has 3 nitrogen and oxygen atoms in total. The Morgan fingerprint density at radius 3 is 2.42 bits per heavy atom. The fourth-order valence-corrected chi connectivity index (χ4v) is 1.26. The molecule has 0 radical (unpaired) electrons. The zero-order chi connectivity index (χ0) is 9.14. The van der Waals surface area contributed by atoms with Crippen molar-refractivity contribution in [3.05, 3.63) is 18.0 Å². The number of hydrogen-bond donors (Lipinski definition) is 0.